The molecule has 0 fully saturated rings. The zero-order valence-corrected chi connectivity index (χ0v) is 8.99. The quantitative estimate of drug-likeness (QED) is 0.695. The van der Waals surface area contributed by atoms with Crippen LogP contribution in [0.25, 0.3) is 0 Å². The highest BCUT2D eigenvalue weighted by Gasteiger charge is 2.01. The summed E-state index contributed by atoms with van der Waals surface area (Å²) in [6, 6.07) is 2.00. The number of hydrogen-bond acceptors (Lipinski definition) is 2. The van der Waals surface area contributed by atoms with Crippen molar-refractivity contribution in [1.29, 1.82) is 0 Å². The minimum Gasteiger partial charge on any atom is -0.300 e. The van der Waals surface area contributed by atoms with Crippen molar-refractivity contribution in [3.63, 3.8) is 0 Å². The Hall–Kier alpha value is -1.12. The zero-order valence-electron chi connectivity index (χ0n) is 8.99. The molecule has 0 amide bonds. The average Bonchev–Trinajstić information content (AvgIpc) is 2.52. The van der Waals surface area contributed by atoms with Gasteiger partial charge in [-0.3, -0.25) is 9.48 Å². The van der Waals surface area contributed by atoms with Crippen LogP contribution >= 0.6 is 0 Å². The number of carbonyl (C=O) groups excluding carboxylic acids is 1. The predicted molar refractivity (Wildman–Crippen MR) is 56.1 cm³/mol. The molecule has 14 heavy (non-hydrogen) atoms. The SMILES string of the molecule is CCCC(=O)CCCc1ccn(C)n1. The van der Waals surface area contributed by atoms with Crippen LogP contribution in [0.15, 0.2) is 12.3 Å². The minimum absolute atomic E-state index is 0.378. The van der Waals surface area contributed by atoms with E-state index in [4.69, 9.17) is 0 Å². The molecule has 0 aliphatic heterocycles. The Kier molecular flexibility index (Phi) is 4.36. The van der Waals surface area contributed by atoms with Crippen molar-refractivity contribution in [2.75, 3.05) is 0 Å². The monoisotopic (exact) mass is 194 g/mol. The second-order valence-electron chi connectivity index (χ2n) is 3.62. The number of carbonyl (C=O) groups is 1. The Morgan fingerprint density at radius 2 is 2.29 bits per heavy atom. The minimum atomic E-state index is 0.378. The van der Waals surface area contributed by atoms with Gasteiger partial charge in [0.05, 0.1) is 5.69 Å². The van der Waals surface area contributed by atoms with Crippen LogP contribution in [0.3, 0.4) is 0 Å². The Morgan fingerprint density at radius 3 is 2.86 bits per heavy atom. The Labute approximate surface area is 85.1 Å². The van der Waals surface area contributed by atoms with E-state index in [0.29, 0.717) is 12.2 Å². The topological polar surface area (TPSA) is 34.9 Å². The first-order chi connectivity index (χ1) is 6.72. The third-order valence-corrected chi connectivity index (χ3v) is 2.19. The summed E-state index contributed by atoms with van der Waals surface area (Å²) in [5.41, 5.74) is 1.08. The molecule has 0 radical (unpaired) electrons. The van der Waals surface area contributed by atoms with Crippen LogP contribution in [-0.4, -0.2) is 15.6 Å². The molecule has 1 aromatic heterocycles. The molecule has 0 unspecified atom stereocenters. The molecule has 0 aliphatic rings. The highest BCUT2D eigenvalue weighted by Crippen LogP contribution is 2.04. The van der Waals surface area contributed by atoms with Gasteiger partial charge < -0.3 is 0 Å². The van der Waals surface area contributed by atoms with Crippen LogP contribution in [0.5, 0.6) is 0 Å². The second kappa shape index (κ2) is 5.58. The molecule has 78 valence electrons. The maximum atomic E-state index is 11.2. The summed E-state index contributed by atoms with van der Waals surface area (Å²) in [4.78, 5) is 11.2. The first-order valence-electron chi connectivity index (χ1n) is 5.22. The van der Waals surface area contributed by atoms with Crippen molar-refractivity contribution >= 4 is 5.78 Å². The summed E-state index contributed by atoms with van der Waals surface area (Å²) in [6.45, 7) is 2.04. The summed E-state index contributed by atoms with van der Waals surface area (Å²) in [7, 11) is 1.91. The van der Waals surface area contributed by atoms with E-state index >= 15 is 0 Å². The van der Waals surface area contributed by atoms with Crippen molar-refractivity contribution in [3.8, 4) is 0 Å². The molecule has 1 aromatic rings. The fourth-order valence-corrected chi connectivity index (χ4v) is 1.47. The van der Waals surface area contributed by atoms with Gasteiger partial charge in [0.15, 0.2) is 0 Å². The molecule has 0 aromatic carbocycles. The maximum absolute atomic E-state index is 11.2. The largest absolute Gasteiger partial charge is 0.300 e. The van der Waals surface area contributed by atoms with Gasteiger partial charge in [0.25, 0.3) is 0 Å². The summed E-state index contributed by atoms with van der Waals surface area (Å²) in [5.74, 6) is 0.378. The molecule has 0 saturated carbocycles. The smallest absolute Gasteiger partial charge is 0.132 e. The van der Waals surface area contributed by atoms with Gasteiger partial charge in [-0.05, 0) is 25.3 Å². The number of nitrogens with zero attached hydrogens (tertiary/aromatic N) is 2. The van der Waals surface area contributed by atoms with Gasteiger partial charge in [0.1, 0.15) is 5.78 Å². The summed E-state index contributed by atoms with van der Waals surface area (Å²) >= 11 is 0. The molecule has 1 rings (SSSR count). The van der Waals surface area contributed by atoms with E-state index in [1.807, 2.05) is 26.2 Å². The van der Waals surface area contributed by atoms with E-state index in [9.17, 15) is 4.79 Å². The van der Waals surface area contributed by atoms with Crippen LogP contribution in [0.2, 0.25) is 0 Å². The summed E-state index contributed by atoms with van der Waals surface area (Å²) < 4.78 is 1.79. The van der Waals surface area contributed by atoms with Crippen LogP contribution in [0, 0.1) is 0 Å². The van der Waals surface area contributed by atoms with E-state index in [1.54, 1.807) is 4.68 Å². The van der Waals surface area contributed by atoms with Gasteiger partial charge >= 0.3 is 0 Å². The highest BCUT2D eigenvalue weighted by atomic mass is 16.1. The lowest BCUT2D eigenvalue weighted by Gasteiger charge is -1.97. The summed E-state index contributed by atoms with van der Waals surface area (Å²) in [5, 5.41) is 4.26. The number of aromatic nitrogens is 2. The van der Waals surface area contributed by atoms with Crippen LogP contribution in [0.4, 0.5) is 0 Å². The molecule has 3 nitrogen and oxygen atoms in total. The van der Waals surface area contributed by atoms with E-state index in [1.165, 1.54) is 0 Å². The second-order valence-corrected chi connectivity index (χ2v) is 3.62. The number of rotatable bonds is 6. The van der Waals surface area contributed by atoms with Gasteiger partial charge in [-0.2, -0.15) is 5.10 Å². The molecule has 0 bridgehead atoms. The molecule has 0 N–H and O–H groups in total. The third kappa shape index (κ3) is 3.73. The fourth-order valence-electron chi connectivity index (χ4n) is 1.47. The summed E-state index contributed by atoms with van der Waals surface area (Å²) in [6.07, 6.45) is 6.16. The number of Topliss-reactive ketones (excluding diaryl/α,β-unsaturated/α-hetero) is 1. The predicted octanol–water partition coefficient (Wildman–Crippen LogP) is 2.11. The van der Waals surface area contributed by atoms with E-state index in [-0.39, 0.29) is 0 Å². The number of hydrogen-bond donors (Lipinski definition) is 0. The lowest BCUT2D eigenvalue weighted by molar-refractivity contribution is -0.119. The van der Waals surface area contributed by atoms with Gasteiger partial charge in [-0.1, -0.05) is 6.92 Å². The normalized spacial score (nSPS) is 10.4. The van der Waals surface area contributed by atoms with Crippen molar-refractivity contribution in [3.05, 3.63) is 18.0 Å². The molecular weight excluding hydrogens is 176 g/mol. The van der Waals surface area contributed by atoms with E-state index < -0.39 is 0 Å². The Morgan fingerprint density at radius 1 is 1.50 bits per heavy atom. The van der Waals surface area contributed by atoms with Gasteiger partial charge in [-0.15, -0.1) is 0 Å². The lowest BCUT2D eigenvalue weighted by atomic mass is 10.1. The molecule has 1 heterocycles. The highest BCUT2D eigenvalue weighted by molar-refractivity contribution is 5.78. The molecule has 0 aliphatic carbocycles. The number of ketones is 1. The fraction of sp³-hybridized carbons (Fsp3) is 0.636. The first kappa shape index (κ1) is 11.0. The van der Waals surface area contributed by atoms with Crippen molar-refractivity contribution in [2.24, 2.45) is 7.05 Å². The Balaban J connectivity index is 2.18. The van der Waals surface area contributed by atoms with Gasteiger partial charge in [0, 0.05) is 26.1 Å². The zero-order chi connectivity index (χ0) is 10.4. The van der Waals surface area contributed by atoms with Crippen LogP contribution in [0.1, 0.15) is 38.3 Å². The van der Waals surface area contributed by atoms with E-state index in [2.05, 4.69) is 5.10 Å². The maximum Gasteiger partial charge on any atom is 0.132 e. The molecule has 0 spiro atoms. The van der Waals surface area contributed by atoms with Crippen LogP contribution < -0.4 is 0 Å². The van der Waals surface area contributed by atoms with Crippen molar-refractivity contribution in [2.45, 2.75) is 39.0 Å². The Bertz CT molecular complexity index is 291. The molecule has 3 heteroatoms. The number of aryl methyl sites for hydroxylation is 2. The molecular formula is C11H18N2O. The van der Waals surface area contributed by atoms with Crippen LogP contribution in [-0.2, 0) is 18.3 Å². The standard InChI is InChI=1S/C11H18N2O/c1-3-5-11(14)7-4-6-10-8-9-13(2)12-10/h8-9H,3-7H2,1-2H3. The van der Waals surface area contributed by atoms with Gasteiger partial charge in [0.2, 0.25) is 0 Å². The van der Waals surface area contributed by atoms with Crippen molar-refractivity contribution in [1.82, 2.24) is 9.78 Å². The first-order valence-corrected chi connectivity index (χ1v) is 5.22. The molecule has 0 atom stereocenters. The van der Waals surface area contributed by atoms with Crippen molar-refractivity contribution < 1.29 is 4.79 Å². The average molecular weight is 194 g/mol. The third-order valence-electron chi connectivity index (χ3n) is 2.19. The molecule has 0 saturated heterocycles. The van der Waals surface area contributed by atoms with E-state index in [0.717, 1.165) is 31.4 Å². The lowest BCUT2D eigenvalue weighted by Crippen LogP contribution is -1.98. The van der Waals surface area contributed by atoms with Gasteiger partial charge in [-0.25, -0.2) is 0 Å².